The summed E-state index contributed by atoms with van der Waals surface area (Å²) in [7, 11) is 0. The molecule has 2 amide bonds. The first kappa shape index (κ1) is 15.4. The van der Waals surface area contributed by atoms with E-state index in [9.17, 15) is 9.59 Å². The van der Waals surface area contributed by atoms with Gasteiger partial charge in [0.05, 0.1) is 0 Å². The predicted octanol–water partition coefficient (Wildman–Crippen LogP) is 2.57. The summed E-state index contributed by atoms with van der Waals surface area (Å²) in [4.78, 5) is 24.7. The standard InChI is InChI=1S/C18H18N4O3/c1-10-8-19-18(24)15-6-12-3-4-13(7-14(12)22(15)9-10)17(23)20-16-5-11(2)25-21-16/h3-7,10H,8-9H2,1-2H3,(H,19,24)(H,20,21,23)/t10-/m1/s1. The third-order valence-corrected chi connectivity index (χ3v) is 4.37. The van der Waals surface area contributed by atoms with Gasteiger partial charge in [-0.1, -0.05) is 18.1 Å². The molecule has 1 aromatic carbocycles. The van der Waals surface area contributed by atoms with Gasteiger partial charge in [0, 0.05) is 35.6 Å². The van der Waals surface area contributed by atoms with Crippen LogP contribution in [-0.4, -0.2) is 28.1 Å². The van der Waals surface area contributed by atoms with E-state index in [0.717, 1.165) is 17.4 Å². The maximum atomic E-state index is 12.5. The highest BCUT2D eigenvalue weighted by molar-refractivity contribution is 6.07. The third-order valence-electron chi connectivity index (χ3n) is 4.37. The van der Waals surface area contributed by atoms with Crippen molar-refractivity contribution in [2.45, 2.75) is 20.4 Å². The van der Waals surface area contributed by atoms with E-state index in [1.54, 1.807) is 19.1 Å². The van der Waals surface area contributed by atoms with E-state index >= 15 is 0 Å². The molecule has 128 valence electrons. The molecule has 3 heterocycles. The maximum Gasteiger partial charge on any atom is 0.267 e. The topological polar surface area (TPSA) is 89.2 Å². The van der Waals surface area contributed by atoms with E-state index in [-0.39, 0.29) is 11.8 Å². The molecule has 0 spiro atoms. The summed E-state index contributed by atoms with van der Waals surface area (Å²) in [5.41, 5.74) is 2.01. The fourth-order valence-corrected chi connectivity index (χ4v) is 3.13. The van der Waals surface area contributed by atoms with Crippen molar-refractivity contribution in [3.63, 3.8) is 0 Å². The van der Waals surface area contributed by atoms with E-state index in [1.807, 2.05) is 22.8 Å². The van der Waals surface area contributed by atoms with Crippen LogP contribution in [0.2, 0.25) is 0 Å². The number of amides is 2. The van der Waals surface area contributed by atoms with Crippen LogP contribution in [0.4, 0.5) is 5.82 Å². The van der Waals surface area contributed by atoms with Gasteiger partial charge in [0.2, 0.25) is 0 Å². The molecule has 25 heavy (non-hydrogen) atoms. The van der Waals surface area contributed by atoms with Crippen LogP contribution in [0.5, 0.6) is 0 Å². The highest BCUT2D eigenvalue weighted by Gasteiger charge is 2.22. The minimum atomic E-state index is -0.267. The van der Waals surface area contributed by atoms with Gasteiger partial charge in [-0.2, -0.15) is 0 Å². The number of anilines is 1. The second-order valence-electron chi connectivity index (χ2n) is 6.51. The lowest BCUT2D eigenvalue weighted by Crippen LogP contribution is -2.25. The first-order valence-corrected chi connectivity index (χ1v) is 8.17. The van der Waals surface area contributed by atoms with Gasteiger partial charge < -0.3 is 19.7 Å². The summed E-state index contributed by atoms with van der Waals surface area (Å²) >= 11 is 0. The first-order valence-electron chi connectivity index (χ1n) is 8.17. The number of fused-ring (bicyclic) bond motifs is 3. The molecule has 7 nitrogen and oxygen atoms in total. The Bertz CT molecular complexity index is 986. The van der Waals surface area contributed by atoms with Crippen molar-refractivity contribution < 1.29 is 14.1 Å². The van der Waals surface area contributed by atoms with E-state index < -0.39 is 0 Å². The minimum Gasteiger partial charge on any atom is -0.360 e. The van der Waals surface area contributed by atoms with Gasteiger partial charge in [-0.25, -0.2) is 0 Å². The fourth-order valence-electron chi connectivity index (χ4n) is 3.13. The first-order chi connectivity index (χ1) is 12.0. The van der Waals surface area contributed by atoms with Gasteiger partial charge in [0.25, 0.3) is 11.8 Å². The van der Waals surface area contributed by atoms with Crippen LogP contribution in [0.25, 0.3) is 10.9 Å². The van der Waals surface area contributed by atoms with Gasteiger partial charge in [0.15, 0.2) is 5.82 Å². The van der Waals surface area contributed by atoms with Crippen molar-refractivity contribution in [1.82, 2.24) is 15.0 Å². The van der Waals surface area contributed by atoms with Gasteiger partial charge in [0.1, 0.15) is 11.5 Å². The predicted molar refractivity (Wildman–Crippen MR) is 92.6 cm³/mol. The zero-order valence-electron chi connectivity index (χ0n) is 14.0. The van der Waals surface area contributed by atoms with Crippen molar-refractivity contribution in [3.8, 4) is 0 Å². The largest absolute Gasteiger partial charge is 0.360 e. The Labute approximate surface area is 144 Å². The smallest absolute Gasteiger partial charge is 0.267 e. The van der Waals surface area contributed by atoms with Crippen LogP contribution in [0.3, 0.4) is 0 Å². The average molecular weight is 338 g/mol. The zero-order valence-corrected chi connectivity index (χ0v) is 14.0. The second-order valence-corrected chi connectivity index (χ2v) is 6.51. The van der Waals surface area contributed by atoms with Crippen molar-refractivity contribution in [2.24, 2.45) is 5.92 Å². The lowest BCUT2D eigenvalue weighted by atomic mass is 10.1. The molecule has 0 radical (unpaired) electrons. The molecule has 0 fully saturated rings. The second kappa shape index (κ2) is 5.77. The average Bonchev–Trinajstić information content (AvgIpc) is 3.12. The van der Waals surface area contributed by atoms with Crippen molar-refractivity contribution in [3.05, 3.63) is 47.3 Å². The molecule has 1 aliphatic rings. The maximum absolute atomic E-state index is 12.5. The Balaban J connectivity index is 1.72. The summed E-state index contributed by atoms with van der Waals surface area (Å²) in [6.45, 7) is 5.22. The van der Waals surface area contributed by atoms with Gasteiger partial charge >= 0.3 is 0 Å². The molecule has 0 saturated carbocycles. The van der Waals surface area contributed by atoms with Gasteiger partial charge in [-0.15, -0.1) is 0 Å². The minimum absolute atomic E-state index is 0.0791. The Hall–Kier alpha value is -3.09. The number of carbonyl (C=O) groups is 2. The summed E-state index contributed by atoms with van der Waals surface area (Å²) in [6.07, 6.45) is 0. The normalized spacial score (nSPS) is 17.0. The van der Waals surface area contributed by atoms with E-state index in [1.165, 1.54) is 0 Å². The van der Waals surface area contributed by atoms with Crippen LogP contribution in [0.15, 0.2) is 34.9 Å². The van der Waals surface area contributed by atoms with Crippen molar-refractivity contribution in [1.29, 1.82) is 0 Å². The molecule has 1 aliphatic heterocycles. The number of carbonyl (C=O) groups excluding carboxylic acids is 2. The summed E-state index contributed by atoms with van der Waals surface area (Å²) in [5.74, 6) is 0.977. The van der Waals surface area contributed by atoms with Crippen LogP contribution < -0.4 is 10.6 Å². The molecule has 4 rings (SSSR count). The van der Waals surface area contributed by atoms with Crippen LogP contribution in [-0.2, 0) is 6.54 Å². The fraction of sp³-hybridized carbons (Fsp3) is 0.278. The number of benzene rings is 1. The Morgan fingerprint density at radius 3 is 2.96 bits per heavy atom. The molecule has 0 saturated heterocycles. The quantitative estimate of drug-likeness (QED) is 0.751. The number of rotatable bonds is 2. The number of nitrogens with one attached hydrogen (secondary N) is 2. The van der Waals surface area contributed by atoms with Gasteiger partial charge in [-0.05, 0) is 31.0 Å². The Kier molecular flexibility index (Phi) is 3.56. The summed E-state index contributed by atoms with van der Waals surface area (Å²) in [5, 5.41) is 10.3. The molecule has 7 heteroatoms. The number of aromatic nitrogens is 2. The van der Waals surface area contributed by atoms with Gasteiger partial charge in [-0.3, -0.25) is 9.59 Å². The van der Waals surface area contributed by atoms with Crippen molar-refractivity contribution >= 4 is 28.5 Å². The number of hydrogen-bond donors (Lipinski definition) is 2. The molecular formula is C18H18N4O3. The highest BCUT2D eigenvalue weighted by Crippen LogP contribution is 2.25. The van der Waals surface area contributed by atoms with E-state index in [0.29, 0.717) is 35.3 Å². The monoisotopic (exact) mass is 338 g/mol. The lowest BCUT2D eigenvalue weighted by Gasteiger charge is -2.10. The molecule has 2 aromatic heterocycles. The van der Waals surface area contributed by atoms with Crippen LogP contribution in [0, 0.1) is 12.8 Å². The number of aryl methyl sites for hydroxylation is 1. The molecule has 2 N–H and O–H groups in total. The van der Waals surface area contributed by atoms with Crippen molar-refractivity contribution in [2.75, 3.05) is 11.9 Å². The summed E-state index contributed by atoms with van der Waals surface area (Å²) in [6, 6.07) is 8.94. The molecule has 3 aromatic rings. The molecular weight excluding hydrogens is 320 g/mol. The SMILES string of the molecule is Cc1cc(NC(=O)c2ccc3cc4n(c3c2)C[C@H](C)CNC4=O)no1. The molecule has 1 atom stereocenters. The zero-order chi connectivity index (χ0) is 17.6. The molecule has 0 bridgehead atoms. The number of nitrogens with zero attached hydrogens (tertiary/aromatic N) is 2. The van der Waals surface area contributed by atoms with Crippen LogP contribution in [0.1, 0.15) is 33.5 Å². The van der Waals surface area contributed by atoms with E-state index in [4.69, 9.17) is 4.52 Å². The number of hydrogen-bond acceptors (Lipinski definition) is 4. The Morgan fingerprint density at radius 1 is 1.36 bits per heavy atom. The van der Waals surface area contributed by atoms with E-state index in [2.05, 4.69) is 22.7 Å². The molecule has 0 unspecified atom stereocenters. The lowest BCUT2D eigenvalue weighted by molar-refractivity contribution is 0.0948. The Morgan fingerprint density at radius 2 is 2.20 bits per heavy atom. The summed E-state index contributed by atoms with van der Waals surface area (Å²) < 4.78 is 6.94. The van der Waals surface area contributed by atoms with Crippen LogP contribution >= 0.6 is 0 Å². The highest BCUT2D eigenvalue weighted by atomic mass is 16.5. The third kappa shape index (κ3) is 2.77. The molecule has 0 aliphatic carbocycles.